The summed E-state index contributed by atoms with van der Waals surface area (Å²) in [7, 11) is 5.60. The van der Waals surface area contributed by atoms with Crippen molar-refractivity contribution in [2.45, 2.75) is 0 Å². The fraction of sp³-hybridized carbons (Fsp3) is 0.364. The minimum absolute atomic E-state index is 0.202. The summed E-state index contributed by atoms with van der Waals surface area (Å²) in [5.74, 6) is 2.56. The van der Waals surface area contributed by atoms with Gasteiger partial charge in [-0.3, -0.25) is 14.8 Å². The van der Waals surface area contributed by atoms with Gasteiger partial charge in [0, 0.05) is 31.0 Å². The molecule has 1 amide bonds. The first-order valence-electron chi connectivity index (χ1n) is 10.1. The number of pyridine rings is 1. The number of hydrogen-bond donors (Lipinski definition) is 1. The van der Waals surface area contributed by atoms with Gasteiger partial charge in [0.15, 0.2) is 11.5 Å². The van der Waals surface area contributed by atoms with Crippen LogP contribution in [0.4, 0.5) is 5.69 Å². The molecule has 3 heterocycles. The summed E-state index contributed by atoms with van der Waals surface area (Å²) in [5.41, 5.74) is 2.08. The number of carbonyl (C=O) groups is 1. The van der Waals surface area contributed by atoms with Crippen LogP contribution >= 0.6 is 0 Å². The van der Waals surface area contributed by atoms with Gasteiger partial charge in [-0.05, 0) is 38.4 Å². The van der Waals surface area contributed by atoms with Crippen molar-refractivity contribution in [2.24, 2.45) is 9.98 Å². The summed E-state index contributed by atoms with van der Waals surface area (Å²) in [5, 5.41) is 2.93. The van der Waals surface area contributed by atoms with E-state index < -0.39 is 0 Å². The fourth-order valence-electron chi connectivity index (χ4n) is 3.51. The van der Waals surface area contributed by atoms with E-state index in [9.17, 15) is 4.79 Å². The monoisotopic (exact) mass is 422 g/mol. The van der Waals surface area contributed by atoms with Gasteiger partial charge >= 0.3 is 0 Å². The van der Waals surface area contributed by atoms with Gasteiger partial charge in [-0.25, -0.2) is 4.99 Å². The molecule has 1 aromatic heterocycles. The number of aromatic nitrogens is 1. The lowest BCUT2D eigenvalue weighted by Crippen LogP contribution is -2.44. The van der Waals surface area contributed by atoms with Crippen LogP contribution in [0.2, 0.25) is 0 Å². The van der Waals surface area contributed by atoms with E-state index in [-0.39, 0.29) is 12.5 Å². The molecule has 0 spiro atoms. The van der Waals surface area contributed by atoms with E-state index in [1.54, 1.807) is 25.4 Å². The molecule has 2 aliphatic heterocycles. The van der Waals surface area contributed by atoms with Crippen LogP contribution in [0, 0.1) is 0 Å². The molecule has 4 rings (SSSR count). The molecule has 2 aromatic rings. The van der Waals surface area contributed by atoms with Gasteiger partial charge in [0.1, 0.15) is 24.0 Å². The molecule has 0 atom stereocenters. The first kappa shape index (κ1) is 20.8. The number of hydrogen-bond acceptors (Lipinski definition) is 8. The van der Waals surface area contributed by atoms with E-state index in [1.165, 1.54) is 6.20 Å². The van der Waals surface area contributed by atoms with Gasteiger partial charge in [-0.2, -0.15) is 0 Å². The molecule has 0 saturated carbocycles. The lowest BCUT2D eigenvalue weighted by molar-refractivity contribution is 0.0958. The van der Waals surface area contributed by atoms with E-state index >= 15 is 0 Å². The van der Waals surface area contributed by atoms with E-state index in [4.69, 9.17) is 14.5 Å². The molecular weight excluding hydrogens is 396 g/mol. The van der Waals surface area contributed by atoms with Crippen molar-refractivity contribution in [3.8, 4) is 11.5 Å². The number of carbonyl (C=O) groups excluding carboxylic acids is 1. The third-order valence-corrected chi connectivity index (χ3v) is 5.06. The average molecular weight is 422 g/mol. The Morgan fingerprint density at radius 2 is 2.16 bits per heavy atom. The van der Waals surface area contributed by atoms with Gasteiger partial charge in [-0.15, -0.1) is 0 Å². The molecule has 9 heteroatoms. The number of benzene rings is 1. The number of fused-ring (bicyclic) bond motifs is 3. The molecule has 0 aliphatic carbocycles. The highest BCUT2D eigenvalue weighted by Crippen LogP contribution is 2.43. The number of nitrogens with one attached hydrogen (secondary N) is 1. The maximum absolute atomic E-state index is 12.5. The molecule has 0 radical (unpaired) electrons. The Morgan fingerprint density at radius 3 is 2.90 bits per heavy atom. The molecule has 0 bridgehead atoms. The lowest BCUT2D eigenvalue weighted by Gasteiger charge is -2.29. The van der Waals surface area contributed by atoms with Crippen LogP contribution in [-0.4, -0.2) is 86.4 Å². The fourth-order valence-corrected chi connectivity index (χ4v) is 3.51. The van der Waals surface area contributed by atoms with Crippen LogP contribution in [0.25, 0.3) is 0 Å². The largest absolute Gasteiger partial charge is 0.491 e. The average Bonchev–Trinajstić information content (AvgIpc) is 3.27. The summed E-state index contributed by atoms with van der Waals surface area (Å²) < 4.78 is 11.6. The van der Waals surface area contributed by atoms with Crippen molar-refractivity contribution >= 4 is 23.3 Å². The van der Waals surface area contributed by atoms with Crippen molar-refractivity contribution in [2.75, 3.05) is 54.0 Å². The molecule has 1 aromatic carbocycles. The smallest absolute Gasteiger partial charge is 0.253 e. The van der Waals surface area contributed by atoms with Crippen molar-refractivity contribution < 1.29 is 14.3 Å². The summed E-state index contributed by atoms with van der Waals surface area (Å²) >= 11 is 0. The van der Waals surface area contributed by atoms with Crippen LogP contribution in [-0.2, 0) is 0 Å². The first-order chi connectivity index (χ1) is 15.1. The maximum atomic E-state index is 12.5. The Bertz CT molecular complexity index is 1020. The van der Waals surface area contributed by atoms with Crippen LogP contribution in [0.3, 0.4) is 0 Å². The number of methoxy groups -OCH3 is 1. The Morgan fingerprint density at radius 1 is 1.29 bits per heavy atom. The maximum Gasteiger partial charge on any atom is 0.253 e. The van der Waals surface area contributed by atoms with E-state index in [2.05, 4.69) is 20.2 Å². The van der Waals surface area contributed by atoms with Gasteiger partial charge in [-0.1, -0.05) is 0 Å². The summed E-state index contributed by atoms with van der Waals surface area (Å²) in [6, 6.07) is 7.33. The van der Waals surface area contributed by atoms with E-state index in [0.29, 0.717) is 41.7 Å². The Labute approximate surface area is 181 Å². The molecule has 9 nitrogen and oxygen atoms in total. The van der Waals surface area contributed by atoms with Crippen molar-refractivity contribution in [3.63, 3.8) is 0 Å². The van der Waals surface area contributed by atoms with Crippen LogP contribution in [0.5, 0.6) is 11.5 Å². The zero-order valence-corrected chi connectivity index (χ0v) is 18.0. The van der Waals surface area contributed by atoms with Gasteiger partial charge < -0.3 is 24.6 Å². The Hall–Kier alpha value is -3.46. The highest BCUT2D eigenvalue weighted by atomic mass is 16.5. The number of amides is 1. The molecule has 31 heavy (non-hydrogen) atoms. The second-order valence-electron chi connectivity index (χ2n) is 7.45. The van der Waals surface area contributed by atoms with E-state index in [1.807, 2.05) is 31.1 Å². The van der Waals surface area contributed by atoms with Gasteiger partial charge in [0.25, 0.3) is 5.91 Å². The number of aliphatic imine (C=N–C) groups is 2. The molecule has 0 unspecified atom stereocenters. The molecule has 2 aliphatic rings. The van der Waals surface area contributed by atoms with E-state index in [0.717, 1.165) is 24.5 Å². The third kappa shape index (κ3) is 4.36. The highest BCUT2D eigenvalue weighted by Gasteiger charge is 2.32. The normalized spacial score (nSPS) is 14.5. The topological polar surface area (TPSA) is 91.7 Å². The quantitative estimate of drug-likeness (QED) is 0.694. The Balaban J connectivity index is 1.61. The van der Waals surface area contributed by atoms with Crippen LogP contribution < -0.4 is 14.8 Å². The number of ether oxygens (including phenoxy) is 2. The van der Waals surface area contributed by atoms with Crippen LogP contribution in [0.1, 0.15) is 15.9 Å². The summed E-state index contributed by atoms with van der Waals surface area (Å²) in [6.45, 7) is 2.98. The lowest BCUT2D eigenvalue weighted by atomic mass is 10.1. The second-order valence-corrected chi connectivity index (χ2v) is 7.45. The third-order valence-electron chi connectivity index (χ3n) is 5.06. The van der Waals surface area contributed by atoms with Crippen molar-refractivity contribution in [1.29, 1.82) is 0 Å². The van der Waals surface area contributed by atoms with Gasteiger partial charge in [0.2, 0.25) is 0 Å². The summed E-state index contributed by atoms with van der Waals surface area (Å²) in [6.07, 6.45) is 3.17. The zero-order valence-electron chi connectivity index (χ0n) is 18.0. The van der Waals surface area contributed by atoms with Crippen LogP contribution in [0.15, 0.2) is 46.6 Å². The number of nitrogens with zero attached hydrogens (tertiary/aromatic N) is 5. The predicted octanol–water partition coefficient (Wildman–Crippen LogP) is 1.57. The number of likely N-dealkylation sites (N-methyl/N-ethyl adjacent to an activating group) is 1. The van der Waals surface area contributed by atoms with Crippen molar-refractivity contribution in [3.05, 3.63) is 47.8 Å². The van der Waals surface area contributed by atoms with Gasteiger partial charge in [0.05, 0.1) is 25.8 Å². The molecular formula is C22H26N6O3. The first-order valence-corrected chi connectivity index (χ1v) is 10.1. The minimum atomic E-state index is -0.202. The zero-order chi connectivity index (χ0) is 21.8. The molecule has 1 N–H and O–H groups in total. The molecule has 0 fully saturated rings. The highest BCUT2D eigenvalue weighted by molar-refractivity contribution is 6.18. The number of rotatable bonds is 8. The van der Waals surface area contributed by atoms with Crippen molar-refractivity contribution in [1.82, 2.24) is 20.1 Å². The molecule has 0 saturated heterocycles. The summed E-state index contributed by atoms with van der Waals surface area (Å²) in [4.78, 5) is 30.1. The Kier molecular flexibility index (Phi) is 6.13. The predicted molar refractivity (Wildman–Crippen MR) is 119 cm³/mol. The molecule has 162 valence electrons. The standard InChI is InChI=1S/C22H26N6O3/c1-27(2)11-12-31-17-7-6-16-19(20(17)30-3)26-18(28-10-9-24-21(16)28)14-25-22(29)15-5-4-8-23-13-15/h4-8,13H,9-12,14H2,1-3H3,(H,25,29). The second kappa shape index (κ2) is 9.13. The SMILES string of the molecule is COc1c(OCCN(C)C)ccc2c1N=C(CNC(=O)c1cccnc1)N1CCN=C21. The minimum Gasteiger partial charge on any atom is -0.491 e. The number of amidine groups is 2.